The normalized spacial score (nSPS) is 11.4. The number of rotatable bonds is 8. The Morgan fingerprint density at radius 2 is 1.69 bits per heavy atom. The van der Waals surface area contributed by atoms with Crippen molar-refractivity contribution in [2.45, 2.75) is 29.7 Å². The molecule has 0 saturated carbocycles. The molecular formula is C25H23ClN4O3S2. The van der Waals surface area contributed by atoms with Crippen molar-refractivity contribution in [2.75, 3.05) is 11.1 Å². The van der Waals surface area contributed by atoms with E-state index in [1.807, 2.05) is 44.2 Å². The van der Waals surface area contributed by atoms with E-state index in [-0.39, 0.29) is 28.1 Å². The molecule has 0 spiro atoms. The molecule has 0 saturated heterocycles. The Hall–Kier alpha value is -3.14. The fourth-order valence-corrected chi connectivity index (χ4v) is 5.57. The third kappa shape index (κ3) is 5.93. The van der Waals surface area contributed by atoms with Gasteiger partial charge in [-0.2, -0.15) is 0 Å². The first-order chi connectivity index (χ1) is 16.7. The third-order valence-electron chi connectivity index (χ3n) is 5.29. The summed E-state index contributed by atoms with van der Waals surface area (Å²) in [7, 11) is -3.65. The van der Waals surface area contributed by atoms with Gasteiger partial charge in [0, 0.05) is 16.4 Å². The fourth-order valence-electron chi connectivity index (χ4n) is 3.38. The number of carbonyl (C=O) groups is 1. The lowest BCUT2D eigenvalue weighted by atomic mass is 10.2. The molecule has 1 heterocycles. The van der Waals surface area contributed by atoms with Gasteiger partial charge in [0.1, 0.15) is 5.75 Å². The summed E-state index contributed by atoms with van der Waals surface area (Å²) >= 11 is 7.31. The minimum Gasteiger partial charge on any atom is -0.325 e. The van der Waals surface area contributed by atoms with Crippen LogP contribution in [0.4, 0.5) is 5.69 Å². The van der Waals surface area contributed by atoms with Gasteiger partial charge in [-0.25, -0.2) is 8.42 Å². The van der Waals surface area contributed by atoms with Crippen LogP contribution in [0.15, 0.2) is 82.8 Å². The summed E-state index contributed by atoms with van der Waals surface area (Å²) in [5.74, 6) is -0.240. The number of benzene rings is 3. The van der Waals surface area contributed by atoms with E-state index in [9.17, 15) is 13.2 Å². The average molecular weight is 527 g/mol. The molecule has 0 fully saturated rings. The van der Waals surface area contributed by atoms with Crippen molar-refractivity contribution in [3.63, 3.8) is 0 Å². The lowest BCUT2D eigenvalue weighted by molar-refractivity contribution is -0.113. The number of nitrogens with zero attached hydrogens (tertiary/aromatic N) is 3. The lowest BCUT2D eigenvalue weighted by Crippen LogP contribution is -2.15. The van der Waals surface area contributed by atoms with E-state index >= 15 is 0 Å². The van der Waals surface area contributed by atoms with Crippen LogP contribution in [0.5, 0.6) is 0 Å². The summed E-state index contributed by atoms with van der Waals surface area (Å²) < 4.78 is 27.8. The first-order valence-corrected chi connectivity index (χ1v) is 13.7. The number of hydrogen-bond donors (Lipinski definition) is 1. The molecule has 7 nitrogen and oxygen atoms in total. The van der Waals surface area contributed by atoms with Crippen molar-refractivity contribution in [1.82, 2.24) is 14.8 Å². The maximum Gasteiger partial charge on any atom is 0.234 e. The quantitative estimate of drug-likeness (QED) is 0.315. The molecule has 4 rings (SSSR count). The van der Waals surface area contributed by atoms with Crippen LogP contribution < -0.4 is 5.32 Å². The minimum absolute atomic E-state index is 0.0572. The van der Waals surface area contributed by atoms with E-state index in [1.165, 1.54) is 11.8 Å². The highest BCUT2D eigenvalue weighted by Gasteiger charge is 2.23. The SMILES string of the molecule is Cc1ccc(S(=O)(=O)Cc2nnc(SCC(=O)Nc3cccc(Cl)c3C)n2-c2ccccc2)cc1. The van der Waals surface area contributed by atoms with Crippen molar-refractivity contribution < 1.29 is 13.2 Å². The number of amides is 1. The zero-order chi connectivity index (χ0) is 25.0. The van der Waals surface area contributed by atoms with E-state index in [1.54, 1.807) is 47.0 Å². The van der Waals surface area contributed by atoms with Crippen LogP contribution in [0.1, 0.15) is 17.0 Å². The maximum atomic E-state index is 13.1. The number of hydrogen-bond acceptors (Lipinski definition) is 6. The van der Waals surface area contributed by atoms with Gasteiger partial charge in [-0.3, -0.25) is 9.36 Å². The topological polar surface area (TPSA) is 94.0 Å². The van der Waals surface area contributed by atoms with Crippen LogP contribution in [-0.4, -0.2) is 34.8 Å². The molecule has 0 aliphatic rings. The molecule has 0 aliphatic heterocycles. The van der Waals surface area contributed by atoms with Crippen LogP contribution in [0.3, 0.4) is 0 Å². The van der Waals surface area contributed by atoms with Gasteiger partial charge in [-0.05, 0) is 55.8 Å². The lowest BCUT2D eigenvalue weighted by Gasteiger charge is -2.12. The summed E-state index contributed by atoms with van der Waals surface area (Å²) in [6.07, 6.45) is 0. The number of aryl methyl sites for hydroxylation is 1. The number of halogens is 1. The van der Waals surface area contributed by atoms with Crippen molar-refractivity contribution in [2.24, 2.45) is 0 Å². The molecule has 0 radical (unpaired) electrons. The van der Waals surface area contributed by atoms with Crippen molar-refractivity contribution in [1.29, 1.82) is 0 Å². The molecule has 1 N–H and O–H groups in total. The van der Waals surface area contributed by atoms with Crippen LogP contribution in [0.25, 0.3) is 5.69 Å². The molecule has 0 unspecified atom stereocenters. The second kappa shape index (κ2) is 10.6. The summed E-state index contributed by atoms with van der Waals surface area (Å²) in [4.78, 5) is 12.8. The van der Waals surface area contributed by atoms with Crippen LogP contribution in [0.2, 0.25) is 5.02 Å². The van der Waals surface area contributed by atoms with E-state index in [0.29, 0.717) is 21.6 Å². The standard InChI is InChI=1S/C25H23ClN4O3S2/c1-17-11-13-20(14-12-17)35(32,33)16-23-28-29-25(30(23)19-7-4-3-5-8-19)34-15-24(31)27-22-10-6-9-21(26)18(22)2/h3-14H,15-16H2,1-2H3,(H,27,31). The monoisotopic (exact) mass is 526 g/mol. The van der Waals surface area contributed by atoms with Crippen LogP contribution >= 0.6 is 23.4 Å². The number of thioether (sulfide) groups is 1. The van der Waals surface area contributed by atoms with Gasteiger partial charge in [0.15, 0.2) is 20.8 Å². The highest BCUT2D eigenvalue weighted by Crippen LogP contribution is 2.26. The van der Waals surface area contributed by atoms with Crippen molar-refractivity contribution >= 4 is 44.8 Å². The molecule has 180 valence electrons. The highest BCUT2D eigenvalue weighted by atomic mass is 35.5. The van der Waals surface area contributed by atoms with Crippen molar-refractivity contribution in [3.05, 3.63) is 94.8 Å². The first kappa shape index (κ1) is 25.0. The van der Waals surface area contributed by atoms with E-state index in [2.05, 4.69) is 15.5 Å². The molecule has 3 aromatic carbocycles. The molecule has 0 atom stereocenters. The van der Waals surface area contributed by atoms with E-state index in [4.69, 9.17) is 11.6 Å². The molecule has 0 bridgehead atoms. The average Bonchev–Trinajstić information content (AvgIpc) is 3.23. The fraction of sp³-hybridized carbons (Fsp3) is 0.160. The van der Waals surface area contributed by atoms with Gasteiger partial charge in [-0.1, -0.05) is 65.3 Å². The summed E-state index contributed by atoms with van der Waals surface area (Å²) in [6.45, 7) is 3.73. The maximum absolute atomic E-state index is 13.1. The largest absolute Gasteiger partial charge is 0.325 e. The first-order valence-electron chi connectivity index (χ1n) is 10.7. The van der Waals surface area contributed by atoms with E-state index in [0.717, 1.165) is 11.1 Å². The second-order valence-corrected chi connectivity index (χ2v) is 11.2. The number of carbonyl (C=O) groups excluding carboxylic acids is 1. The van der Waals surface area contributed by atoms with E-state index < -0.39 is 9.84 Å². The molecule has 1 amide bonds. The Morgan fingerprint density at radius 3 is 2.40 bits per heavy atom. The zero-order valence-corrected chi connectivity index (χ0v) is 21.5. The minimum atomic E-state index is -3.65. The predicted molar refractivity (Wildman–Crippen MR) is 139 cm³/mol. The smallest absolute Gasteiger partial charge is 0.234 e. The molecule has 1 aromatic heterocycles. The number of nitrogens with one attached hydrogen (secondary N) is 1. The molecule has 35 heavy (non-hydrogen) atoms. The number of para-hydroxylation sites is 1. The molecule has 0 aliphatic carbocycles. The van der Waals surface area contributed by atoms with Crippen LogP contribution in [-0.2, 0) is 20.4 Å². The Bertz CT molecular complexity index is 1450. The molecule has 4 aromatic rings. The Labute approximate surface area is 213 Å². The van der Waals surface area contributed by atoms with Gasteiger partial charge in [-0.15, -0.1) is 10.2 Å². The second-order valence-electron chi connectivity index (χ2n) is 7.89. The van der Waals surface area contributed by atoms with Crippen LogP contribution in [0, 0.1) is 13.8 Å². The van der Waals surface area contributed by atoms with Gasteiger partial charge < -0.3 is 5.32 Å². The van der Waals surface area contributed by atoms with Crippen molar-refractivity contribution in [3.8, 4) is 5.69 Å². The summed E-state index contributed by atoms with van der Waals surface area (Å²) in [6, 6.07) is 21.2. The molecule has 10 heteroatoms. The highest BCUT2D eigenvalue weighted by molar-refractivity contribution is 7.99. The Morgan fingerprint density at radius 1 is 0.971 bits per heavy atom. The predicted octanol–water partition coefficient (Wildman–Crippen LogP) is 5.24. The van der Waals surface area contributed by atoms with Gasteiger partial charge in [0.2, 0.25) is 5.91 Å². The Balaban J connectivity index is 1.58. The zero-order valence-electron chi connectivity index (χ0n) is 19.1. The van der Waals surface area contributed by atoms with Gasteiger partial charge in [0.05, 0.1) is 10.6 Å². The third-order valence-corrected chi connectivity index (χ3v) is 8.26. The number of anilines is 1. The Kier molecular flexibility index (Phi) is 7.59. The molecular weight excluding hydrogens is 504 g/mol. The summed E-state index contributed by atoms with van der Waals surface area (Å²) in [5, 5.41) is 12.2. The summed E-state index contributed by atoms with van der Waals surface area (Å²) in [5.41, 5.74) is 3.10. The number of aromatic nitrogens is 3. The van der Waals surface area contributed by atoms with Gasteiger partial charge in [0.25, 0.3) is 0 Å². The number of sulfone groups is 1. The van der Waals surface area contributed by atoms with Gasteiger partial charge >= 0.3 is 0 Å².